The van der Waals surface area contributed by atoms with E-state index >= 15 is 0 Å². The third-order valence-electron chi connectivity index (χ3n) is 2.84. The summed E-state index contributed by atoms with van der Waals surface area (Å²) in [4.78, 5) is 16.7. The molecule has 23 heavy (non-hydrogen) atoms. The van der Waals surface area contributed by atoms with E-state index in [1.807, 2.05) is 35.0 Å². The van der Waals surface area contributed by atoms with Crippen LogP contribution in [0.4, 0.5) is 10.8 Å². The molecule has 0 radical (unpaired) electrons. The summed E-state index contributed by atoms with van der Waals surface area (Å²) in [5.41, 5.74) is 1.95. The van der Waals surface area contributed by atoms with Crippen LogP contribution in [0.3, 0.4) is 0 Å². The van der Waals surface area contributed by atoms with E-state index in [-0.39, 0.29) is 0 Å². The summed E-state index contributed by atoms with van der Waals surface area (Å²) in [7, 11) is 0. The van der Waals surface area contributed by atoms with Crippen molar-refractivity contribution in [2.24, 2.45) is 0 Å². The van der Waals surface area contributed by atoms with Gasteiger partial charge in [0.25, 0.3) is 0 Å². The van der Waals surface area contributed by atoms with Gasteiger partial charge >= 0.3 is 5.97 Å². The molecule has 0 aliphatic heterocycles. The van der Waals surface area contributed by atoms with Crippen LogP contribution < -0.4 is 5.32 Å². The minimum Gasteiger partial charge on any atom is -0.477 e. The number of nitrogens with one attached hydrogen (secondary N) is 1. The Morgan fingerprint density at radius 1 is 1.30 bits per heavy atom. The van der Waals surface area contributed by atoms with Crippen LogP contribution in [0, 0.1) is 0 Å². The smallest absolute Gasteiger partial charge is 0.345 e. The zero-order valence-electron chi connectivity index (χ0n) is 11.7. The quantitative estimate of drug-likeness (QED) is 0.494. The zero-order chi connectivity index (χ0) is 16.2. The highest BCUT2D eigenvalue weighted by Crippen LogP contribution is 2.31. The molecule has 3 rings (SSSR count). The summed E-state index contributed by atoms with van der Waals surface area (Å²) in [6.45, 7) is 0. The molecule has 0 unspecified atom stereocenters. The fourth-order valence-corrected chi connectivity index (χ4v) is 4.75. The standard InChI is InChI=1S/C15H11BrN2O2S3/c16-11-3-1-2-4-12(11)18-15-17-9(7-23-15)6-21-10-5-13(14(19)20)22-8-10/h1-5,7-8H,6H2,(H,17,18)(H,19,20). The average molecular weight is 427 g/mol. The van der Waals surface area contributed by atoms with Gasteiger partial charge in [-0.2, -0.15) is 0 Å². The monoisotopic (exact) mass is 426 g/mol. The van der Waals surface area contributed by atoms with E-state index in [9.17, 15) is 4.79 Å². The number of halogens is 1. The third-order valence-corrected chi connectivity index (χ3v) is 6.41. The molecule has 2 heterocycles. The van der Waals surface area contributed by atoms with Gasteiger partial charge in [-0.25, -0.2) is 9.78 Å². The molecule has 8 heteroatoms. The lowest BCUT2D eigenvalue weighted by Crippen LogP contribution is -1.91. The van der Waals surface area contributed by atoms with Gasteiger partial charge in [0.2, 0.25) is 0 Å². The van der Waals surface area contributed by atoms with E-state index < -0.39 is 5.97 Å². The van der Waals surface area contributed by atoms with E-state index in [0.29, 0.717) is 10.6 Å². The number of para-hydroxylation sites is 1. The maximum atomic E-state index is 10.9. The van der Waals surface area contributed by atoms with Gasteiger partial charge in [0, 0.05) is 25.9 Å². The molecule has 2 aromatic heterocycles. The number of anilines is 2. The summed E-state index contributed by atoms with van der Waals surface area (Å²) < 4.78 is 0.991. The van der Waals surface area contributed by atoms with E-state index in [2.05, 4.69) is 26.2 Å². The van der Waals surface area contributed by atoms with Crippen LogP contribution in [0.25, 0.3) is 0 Å². The molecule has 0 aliphatic rings. The largest absolute Gasteiger partial charge is 0.477 e. The molecular formula is C15H11BrN2O2S3. The Bertz CT molecular complexity index is 832. The second-order valence-corrected chi connectivity index (χ2v) is 8.16. The Morgan fingerprint density at radius 2 is 2.13 bits per heavy atom. The number of carboxylic acids is 1. The number of hydrogen-bond acceptors (Lipinski definition) is 6. The second kappa shape index (κ2) is 7.48. The van der Waals surface area contributed by atoms with Crippen LogP contribution in [0.1, 0.15) is 15.4 Å². The Hall–Kier alpha value is -1.35. The Balaban J connectivity index is 1.61. The van der Waals surface area contributed by atoms with Crippen LogP contribution in [-0.2, 0) is 5.75 Å². The minimum absolute atomic E-state index is 0.363. The van der Waals surface area contributed by atoms with Crippen LogP contribution in [-0.4, -0.2) is 16.1 Å². The van der Waals surface area contributed by atoms with Crippen molar-refractivity contribution in [2.45, 2.75) is 10.6 Å². The highest BCUT2D eigenvalue weighted by atomic mass is 79.9. The van der Waals surface area contributed by atoms with Gasteiger partial charge < -0.3 is 10.4 Å². The Kier molecular flexibility index (Phi) is 5.37. The number of nitrogens with zero attached hydrogens (tertiary/aromatic N) is 1. The number of carbonyl (C=O) groups is 1. The lowest BCUT2D eigenvalue weighted by molar-refractivity contribution is 0.0702. The van der Waals surface area contributed by atoms with Crippen LogP contribution in [0.5, 0.6) is 0 Å². The molecule has 0 saturated heterocycles. The van der Waals surface area contributed by atoms with Crippen molar-refractivity contribution in [1.82, 2.24) is 4.98 Å². The molecule has 0 fully saturated rings. The van der Waals surface area contributed by atoms with Crippen molar-refractivity contribution >= 4 is 67.2 Å². The molecule has 0 saturated carbocycles. The van der Waals surface area contributed by atoms with Crippen LogP contribution >= 0.6 is 50.4 Å². The van der Waals surface area contributed by atoms with Crippen molar-refractivity contribution in [3.63, 3.8) is 0 Å². The lowest BCUT2D eigenvalue weighted by Gasteiger charge is -2.04. The second-order valence-electron chi connectivity index (χ2n) is 4.49. The molecule has 3 aromatic rings. The number of aromatic carboxylic acids is 1. The van der Waals surface area contributed by atoms with E-state index in [0.717, 1.165) is 25.9 Å². The van der Waals surface area contributed by atoms with E-state index in [1.165, 1.54) is 11.3 Å². The predicted molar refractivity (Wildman–Crippen MR) is 100 cm³/mol. The normalized spacial score (nSPS) is 10.7. The maximum Gasteiger partial charge on any atom is 0.345 e. The van der Waals surface area contributed by atoms with Crippen molar-refractivity contribution in [3.8, 4) is 0 Å². The molecule has 2 N–H and O–H groups in total. The summed E-state index contributed by atoms with van der Waals surface area (Å²) >= 11 is 7.88. The first-order valence-electron chi connectivity index (χ1n) is 6.52. The van der Waals surface area contributed by atoms with Gasteiger partial charge in [0.15, 0.2) is 5.13 Å². The topological polar surface area (TPSA) is 62.2 Å². The molecule has 0 aliphatic carbocycles. The Labute approximate surface area is 153 Å². The number of hydrogen-bond donors (Lipinski definition) is 2. The number of benzene rings is 1. The maximum absolute atomic E-state index is 10.9. The predicted octanol–water partition coefficient (Wildman–Crippen LogP) is 5.70. The van der Waals surface area contributed by atoms with Crippen LogP contribution in [0.15, 0.2) is 50.5 Å². The van der Waals surface area contributed by atoms with Crippen molar-refractivity contribution in [2.75, 3.05) is 5.32 Å². The van der Waals surface area contributed by atoms with Gasteiger partial charge in [-0.1, -0.05) is 12.1 Å². The molecule has 118 valence electrons. The number of carboxylic acid groups (broad SMARTS) is 1. The summed E-state index contributed by atoms with van der Waals surface area (Å²) in [6, 6.07) is 9.59. The van der Waals surface area contributed by atoms with Gasteiger partial charge in [-0.05, 0) is 34.1 Å². The highest BCUT2D eigenvalue weighted by molar-refractivity contribution is 9.10. The lowest BCUT2D eigenvalue weighted by atomic mass is 10.3. The SMILES string of the molecule is O=C(O)c1cc(SCc2csc(Nc3ccccc3Br)n2)cs1. The average Bonchev–Trinajstić information content (AvgIpc) is 3.17. The molecule has 0 atom stereocenters. The van der Waals surface area contributed by atoms with Gasteiger partial charge in [0.05, 0.1) is 11.4 Å². The first-order valence-corrected chi connectivity index (χ1v) is 10.1. The number of thiazole rings is 1. The number of thioether (sulfide) groups is 1. The Morgan fingerprint density at radius 3 is 2.87 bits per heavy atom. The first-order chi connectivity index (χ1) is 11.1. The number of thiophene rings is 1. The van der Waals surface area contributed by atoms with Crippen molar-refractivity contribution < 1.29 is 9.90 Å². The van der Waals surface area contributed by atoms with Gasteiger partial charge in [-0.15, -0.1) is 34.4 Å². The third kappa shape index (κ3) is 4.35. The summed E-state index contributed by atoms with van der Waals surface area (Å²) in [5, 5.41) is 16.9. The van der Waals surface area contributed by atoms with E-state index in [4.69, 9.17) is 5.11 Å². The minimum atomic E-state index is -0.879. The molecule has 0 spiro atoms. The van der Waals surface area contributed by atoms with Gasteiger partial charge in [-0.3, -0.25) is 0 Å². The van der Waals surface area contributed by atoms with E-state index in [1.54, 1.807) is 29.2 Å². The first kappa shape index (κ1) is 16.5. The molecular weight excluding hydrogens is 416 g/mol. The molecule has 1 aromatic carbocycles. The fourth-order valence-electron chi connectivity index (χ4n) is 1.77. The molecule has 0 bridgehead atoms. The number of aromatic nitrogens is 1. The molecule has 4 nitrogen and oxygen atoms in total. The fraction of sp³-hybridized carbons (Fsp3) is 0.0667. The number of rotatable bonds is 6. The zero-order valence-corrected chi connectivity index (χ0v) is 15.7. The van der Waals surface area contributed by atoms with Crippen LogP contribution in [0.2, 0.25) is 0 Å². The van der Waals surface area contributed by atoms with Gasteiger partial charge in [0.1, 0.15) is 4.88 Å². The summed E-state index contributed by atoms with van der Waals surface area (Å²) in [6.07, 6.45) is 0. The van der Waals surface area contributed by atoms with Crippen molar-refractivity contribution in [1.29, 1.82) is 0 Å². The molecule has 0 amide bonds. The summed E-state index contributed by atoms with van der Waals surface area (Å²) in [5.74, 6) is -0.167. The highest BCUT2D eigenvalue weighted by Gasteiger charge is 2.09. The van der Waals surface area contributed by atoms with Crippen molar-refractivity contribution in [3.05, 3.63) is 56.1 Å².